The maximum Gasteiger partial charge on any atom is 0.399 e. The van der Waals surface area contributed by atoms with Crippen molar-refractivity contribution in [3.63, 3.8) is 0 Å². The molecule has 1 aromatic rings. The van der Waals surface area contributed by atoms with Gasteiger partial charge in [0.05, 0.1) is 0 Å². The van der Waals surface area contributed by atoms with E-state index >= 15 is 0 Å². The minimum absolute atomic E-state index is 0.413. The Hall–Kier alpha value is -1.21. The zero-order valence-corrected chi connectivity index (χ0v) is 7.08. The van der Waals surface area contributed by atoms with Gasteiger partial charge in [0.2, 0.25) is 5.39 Å². The molecule has 0 saturated heterocycles. The molecule has 0 aliphatic rings. The van der Waals surface area contributed by atoms with Gasteiger partial charge in [0.15, 0.2) is 4.98 Å². The Bertz CT molecular complexity index is 330. The minimum atomic E-state index is 0.413. The predicted molar refractivity (Wildman–Crippen MR) is 44.3 cm³/mol. The Morgan fingerprint density at radius 2 is 2.27 bits per heavy atom. The van der Waals surface area contributed by atoms with Crippen LogP contribution in [0.5, 0.6) is 0 Å². The van der Waals surface area contributed by atoms with Crippen LogP contribution in [0.3, 0.4) is 0 Å². The average molecular weight is 212 g/mol. The summed E-state index contributed by atoms with van der Waals surface area (Å²) in [6.07, 6.45) is 0.728. The van der Waals surface area contributed by atoms with E-state index in [1.807, 2.05) is 0 Å². The molecule has 0 heterocycles. The number of nitrogens with zero attached hydrogens (tertiary/aromatic N) is 2. The summed E-state index contributed by atoms with van der Waals surface area (Å²) < 4.78 is 0.601. The first-order valence-electron chi connectivity index (χ1n) is 2.88. The molecule has 0 spiro atoms. The number of benzene rings is 1. The van der Waals surface area contributed by atoms with Gasteiger partial charge in [0, 0.05) is 11.6 Å². The van der Waals surface area contributed by atoms with Crippen LogP contribution < -0.4 is 0 Å². The SMILES string of the molecule is N#[N+]c1ccc(C=O)cc1Br. The normalized spacial score (nSPS) is 8.73. The van der Waals surface area contributed by atoms with Crippen molar-refractivity contribution in [1.82, 2.24) is 0 Å². The fraction of sp³-hybridized carbons (Fsp3) is 0. The van der Waals surface area contributed by atoms with Gasteiger partial charge in [-0.2, -0.15) is 0 Å². The highest BCUT2D eigenvalue weighted by Gasteiger charge is 2.10. The van der Waals surface area contributed by atoms with Crippen LogP contribution in [-0.2, 0) is 0 Å². The molecule has 11 heavy (non-hydrogen) atoms. The number of carbonyl (C=O) groups is 1. The van der Waals surface area contributed by atoms with E-state index in [4.69, 9.17) is 5.39 Å². The van der Waals surface area contributed by atoms with Gasteiger partial charge in [-0.3, -0.25) is 4.79 Å². The molecule has 0 fully saturated rings. The summed E-state index contributed by atoms with van der Waals surface area (Å²) in [7, 11) is 0. The van der Waals surface area contributed by atoms with E-state index in [9.17, 15) is 4.79 Å². The lowest BCUT2D eigenvalue weighted by Crippen LogP contribution is -1.77. The van der Waals surface area contributed by atoms with Gasteiger partial charge in [0.25, 0.3) is 0 Å². The molecule has 0 unspecified atom stereocenters. The van der Waals surface area contributed by atoms with Crippen molar-refractivity contribution in [1.29, 1.82) is 5.39 Å². The molecule has 1 aromatic carbocycles. The van der Waals surface area contributed by atoms with Gasteiger partial charge in [-0.1, -0.05) is 0 Å². The Morgan fingerprint density at radius 1 is 1.55 bits per heavy atom. The van der Waals surface area contributed by atoms with Crippen LogP contribution in [0.15, 0.2) is 22.7 Å². The first-order chi connectivity index (χ1) is 5.27. The lowest BCUT2D eigenvalue weighted by Gasteiger charge is -1.86. The van der Waals surface area contributed by atoms with Crippen molar-refractivity contribution in [3.05, 3.63) is 33.2 Å². The van der Waals surface area contributed by atoms with Crippen molar-refractivity contribution >= 4 is 27.9 Å². The first kappa shape index (κ1) is 7.89. The van der Waals surface area contributed by atoms with Crippen molar-refractivity contribution in [2.24, 2.45) is 0 Å². The van der Waals surface area contributed by atoms with Crippen molar-refractivity contribution in [2.75, 3.05) is 0 Å². The summed E-state index contributed by atoms with van der Waals surface area (Å²) in [5.74, 6) is 0. The third-order valence-electron chi connectivity index (χ3n) is 1.22. The quantitative estimate of drug-likeness (QED) is 0.530. The highest BCUT2D eigenvalue weighted by molar-refractivity contribution is 9.10. The van der Waals surface area contributed by atoms with Gasteiger partial charge in [-0.25, -0.2) is 0 Å². The van der Waals surface area contributed by atoms with E-state index in [0.29, 0.717) is 15.7 Å². The van der Waals surface area contributed by atoms with Crippen LogP contribution in [0.4, 0.5) is 5.69 Å². The minimum Gasteiger partial charge on any atom is -0.298 e. The van der Waals surface area contributed by atoms with Crippen LogP contribution in [0.25, 0.3) is 4.98 Å². The van der Waals surface area contributed by atoms with Gasteiger partial charge < -0.3 is 0 Å². The molecule has 0 radical (unpaired) electrons. The number of aldehydes is 1. The highest BCUT2D eigenvalue weighted by Crippen LogP contribution is 2.25. The molecule has 54 valence electrons. The number of hydrogen-bond acceptors (Lipinski definition) is 2. The number of halogens is 1. The predicted octanol–water partition coefficient (Wildman–Crippen LogP) is 2.75. The molecule has 0 N–H and O–H groups in total. The van der Waals surface area contributed by atoms with E-state index in [1.54, 1.807) is 18.2 Å². The summed E-state index contributed by atoms with van der Waals surface area (Å²) in [5.41, 5.74) is 0.958. The number of hydrogen-bond donors (Lipinski definition) is 0. The maximum atomic E-state index is 10.2. The lowest BCUT2D eigenvalue weighted by molar-refractivity contribution is 0.112. The fourth-order valence-electron chi connectivity index (χ4n) is 0.678. The molecule has 1 rings (SSSR count). The number of diazo groups is 1. The third kappa shape index (κ3) is 1.63. The number of carbonyl (C=O) groups excluding carboxylic acids is 1. The molecule has 3 nitrogen and oxygen atoms in total. The average Bonchev–Trinajstić information content (AvgIpc) is 2.04. The molecule has 0 aliphatic heterocycles. The van der Waals surface area contributed by atoms with E-state index < -0.39 is 0 Å². The maximum absolute atomic E-state index is 10.2. The van der Waals surface area contributed by atoms with Gasteiger partial charge in [-0.05, 0) is 28.1 Å². The smallest absolute Gasteiger partial charge is 0.298 e. The molecule has 0 atom stereocenters. The van der Waals surface area contributed by atoms with Crippen molar-refractivity contribution in [2.45, 2.75) is 0 Å². The van der Waals surface area contributed by atoms with Crippen LogP contribution in [0.2, 0.25) is 0 Å². The van der Waals surface area contributed by atoms with E-state index in [0.717, 1.165) is 6.29 Å². The van der Waals surface area contributed by atoms with Crippen LogP contribution in [0, 0.1) is 5.39 Å². The summed E-state index contributed by atoms with van der Waals surface area (Å²) in [6.45, 7) is 0. The molecular formula is C7H4BrN2O+. The standard InChI is InChI=1S/C7H4BrN2O/c8-6-3-5(4-11)1-2-7(6)10-9/h1-4H/q+1. The van der Waals surface area contributed by atoms with Crippen molar-refractivity contribution < 1.29 is 4.79 Å². The molecule has 0 amide bonds. The zero-order valence-electron chi connectivity index (χ0n) is 5.49. The van der Waals surface area contributed by atoms with Crippen LogP contribution in [-0.4, -0.2) is 6.29 Å². The second kappa shape index (κ2) is 3.26. The molecule has 0 aromatic heterocycles. The molecule has 4 heteroatoms. The molecule has 0 bridgehead atoms. The zero-order chi connectivity index (χ0) is 8.27. The largest absolute Gasteiger partial charge is 0.399 e. The van der Waals surface area contributed by atoms with Crippen LogP contribution >= 0.6 is 15.9 Å². The van der Waals surface area contributed by atoms with Gasteiger partial charge in [-0.15, -0.1) is 0 Å². The van der Waals surface area contributed by atoms with Crippen LogP contribution in [0.1, 0.15) is 10.4 Å². The Kier molecular flexibility index (Phi) is 2.34. The molecule has 0 aliphatic carbocycles. The fourth-order valence-corrected chi connectivity index (χ4v) is 1.15. The van der Waals surface area contributed by atoms with Gasteiger partial charge >= 0.3 is 5.69 Å². The Balaban J connectivity index is 3.22. The van der Waals surface area contributed by atoms with E-state index in [2.05, 4.69) is 20.9 Å². The van der Waals surface area contributed by atoms with E-state index in [-0.39, 0.29) is 0 Å². The highest BCUT2D eigenvalue weighted by atomic mass is 79.9. The second-order valence-electron chi connectivity index (χ2n) is 1.93. The lowest BCUT2D eigenvalue weighted by atomic mass is 10.2. The van der Waals surface area contributed by atoms with Crippen molar-refractivity contribution in [3.8, 4) is 0 Å². The van der Waals surface area contributed by atoms with E-state index in [1.165, 1.54) is 0 Å². The van der Waals surface area contributed by atoms with Gasteiger partial charge in [0.1, 0.15) is 10.8 Å². The monoisotopic (exact) mass is 211 g/mol. The molecule has 0 saturated carbocycles. The topological polar surface area (TPSA) is 45.2 Å². The molecular weight excluding hydrogens is 208 g/mol. The summed E-state index contributed by atoms with van der Waals surface area (Å²) >= 11 is 3.14. The Morgan fingerprint density at radius 3 is 2.73 bits per heavy atom. The summed E-state index contributed by atoms with van der Waals surface area (Å²) in [4.78, 5) is 13.2. The number of rotatable bonds is 1. The third-order valence-corrected chi connectivity index (χ3v) is 1.85. The summed E-state index contributed by atoms with van der Waals surface area (Å²) in [6, 6.07) is 4.71. The second-order valence-corrected chi connectivity index (χ2v) is 2.78. The first-order valence-corrected chi connectivity index (χ1v) is 3.67. The summed E-state index contributed by atoms with van der Waals surface area (Å²) in [5, 5.41) is 8.39. The Labute approximate surface area is 71.8 Å².